The van der Waals surface area contributed by atoms with Crippen LogP contribution in [-0.4, -0.2) is 18.1 Å². The van der Waals surface area contributed by atoms with Crippen LogP contribution in [0.15, 0.2) is 42.6 Å². The molecule has 2 nitrogen and oxygen atoms in total. The van der Waals surface area contributed by atoms with Crippen LogP contribution in [0.4, 0.5) is 0 Å². The summed E-state index contributed by atoms with van der Waals surface area (Å²) in [6.45, 7) is 4.39. The van der Waals surface area contributed by atoms with E-state index in [9.17, 15) is 0 Å². The van der Waals surface area contributed by atoms with E-state index in [-0.39, 0.29) is 0 Å². The first-order valence-corrected chi connectivity index (χ1v) is 7.84. The second-order valence-electron chi connectivity index (χ2n) is 5.49. The molecule has 0 saturated carbocycles. The molecular formula is C20H24N2. The van der Waals surface area contributed by atoms with Gasteiger partial charge in [0.25, 0.3) is 0 Å². The zero-order valence-electron chi connectivity index (χ0n) is 13.2. The smallest absolute Gasteiger partial charge is 0.0535 e. The van der Waals surface area contributed by atoms with Crippen LogP contribution < -0.4 is 15.9 Å². The highest BCUT2D eigenvalue weighted by molar-refractivity contribution is 5.42. The van der Waals surface area contributed by atoms with Gasteiger partial charge in [0.2, 0.25) is 0 Å². The van der Waals surface area contributed by atoms with E-state index < -0.39 is 0 Å². The van der Waals surface area contributed by atoms with E-state index in [1.807, 2.05) is 25.3 Å². The third-order valence-corrected chi connectivity index (χ3v) is 3.88. The van der Waals surface area contributed by atoms with Crippen molar-refractivity contribution in [1.29, 1.82) is 0 Å². The van der Waals surface area contributed by atoms with Gasteiger partial charge in [-0.3, -0.25) is 0 Å². The van der Waals surface area contributed by atoms with E-state index in [0.717, 1.165) is 16.5 Å². The molecule has 1 saturated heterocycles. The Kier molecular flexibility index (Phi) is 6.54. The number of hydrogen-bond acceptors (Lipinski definition) is 1. The molecule has 2 N–H and O–H groups in total. The standard InChI is InChI=1S/C11H15N.C9H9N/c1-2-4-10(5-3-1)8-11-6-7-12-9-11;1-3-5-9-8(4-2)6-7-10-9/h1-5,11-12H,6-9H2;1,4-7,10H,2H3/b;8-4-,9-5+. The summed E-state index contributed by atoms with van der Waals surface area (Å²) >= 11 is 0. The Morgan fingerprint density at radius 3 is 2.73 bits per heavy atom. The zero-order chi connectivity index (χ0) is 15.6. The largest absolute Gasteiger partial charge is 0.361 e. The third-order valence-electron chi connectivity index (χ3n) is 3.88. The highest BCUT2D eigenvalue weighted by atomic mass is 14.9. The number of terminal acetylenes is 1. The fourth-order valence-corrected chi connectivity index (χ4v) is 2.69. The molecule has 0 aliphatic carbocycles. The lowest BCUT2D eigenvalue weighted by molar-refractivity contribution is 0.580. The number of hydrogen-bond donors (Lipinski definition) is 2. The normalized spacial score (nSPS) is 18.6. The molecule has 22 heavy (non-hydrogen) atoms. The van der Waals surface area contributed by atoms with Gasteiger partial charge in [0.15, 0.2) is 0 Å². The molecule has 1 fully saturated rings. The topological polar surface area (TPSA) is 27.8 Å². The second kappa shape index (κ2) is 8.92. The molecule has 2 heteroatoms. The molecule has 1 unspecified atom stereocenters. The number of benzene rings is 1. The van der Waals surface area contributed by atoms with Gasteiger partial charge in [-0.15, -0.1) is 6.42 Å². The molecule has 2 heterocycles. The number of H-pyrrole nitrogens is 1. The molecule has 3 rings (SSSR count). The fourth-order valence-electron chi connectivity index (χ4n) is 2.69. The summed E-state index contributed by atoms with van der Waals surface area (Å²) in [4.78, 5) is 3.03. The summed E-state index contributed by atoms with van der Waals surface area (Å²) in [6.07, 6.45) is 13.3. The van der Waals surface area contributed by atoms with E-state index in [1.54, 1.807) is 6.08 Å². The van der Waals surface area contributed by atoms with Gasteiger partial charge in [-0.1, -0.05) is 42.3 Å². The van der Waals surface area contributed by atoms with Crippen LogP contribution in [0, 0.1) is 18.3 Å². The molecule has 1 atom stereocenters. The van der Waals surface area contributed by atoms with Gasteiger partial charge in [0, 0.05) is 12.3 Å². The van der Waals surface area contributed by atoms with Crippen LogP contribution in [0.5, 0.6) is 0 Å². The molecule has 0 bridgehead atoms. The monoisotopic (exact) mass is 292 g/mol. The molecule has 2 aromatic rings. The van der Waals surface area contributed by atoms with Gasteiger partial charge in [-0.05, 0) is 55.6 Å². The van der Waals surface area contributed by atoms with Crippen LogP contribution in [0.1, 0.15) is 18.9 Å². The van der Waals surface area contributed by atoms with Gasteiger partial charge in [0.05, 0.1) is 5.35 Å². The van der Waals surface area contributed by atoms with Gasteiger partial charge in [-0.2, -0.15) is 0 Å². The van der Waals surface area contributed by atoms with E-state index in [4.69, 9.17) is 6.42 Å². The predicted octanol–water partition coefficient (Wildman–Crippen LogP) is 2.07. The summed E-state index contributed by atoms with van der Waals surface area (Å²) in [5, 5.41) is 5.55. The van der Waals surface area contributed by atoms with E-state index in [1.165, 1.54) is 31.5 Å². The lowest BCUT2D eigenvalue weighted by Crippen LogP contribution is -2.20. The highest BCUT2D eigenvalue weighted by Gasteiger charge is 2.13. The molecule has 0 spiro atoms. The zero-order valence-corrected chi connectivity index (χ0v) is 13.2. The molecular weight excluding hydrogens is 268 g/mol. The summed E-state index contributed by atoms with van der Waals surface area (Å²) < 4.78 is 0. The summed E-state index contributed by atoms with van der Waals surface area (Å²) in [5.41, 5.74) is 1.48. The van der Waals surface area contributed by atoms with Crippen molar-refractivity contribution in [3.63, 3.8) is 0 Å². The SMILES string of the molecule is C#C/C=c1/[nH]cc/c1=C/C.c1ccc(CC2CCNC2)cc1. The molecule has 1 aliphatic heterocycles. The van der Waals surface area contributed by atoms with Gasteiger partial charge in [0.1, 0.15) is 0 Å². The van der Waals surface area contributed by atoms with Crippen LogP contribution in [0.3, 0.4) is 0 Å². The van der Waals surface area contributed by atoms with Crippen molar-refractivity contribution in [2.45, 2.75) is 19.8 Å². The average molecular weight is 292 g/mol. The van der Waals surface area contributed by atoms with Crippen molar-refractivity contribution >= 4 is 12.2 Å². The first-order valence-electron chi connectivity index (χ1n) is 7.84. The third kappa shape index (κ3) is 4.95. The van der Waals surface area contributed by atoms with Crippen molar-refractivity contribution in [3.05, 3.63) is 58.7 Å². The van der Waals surface area contributed by atoms with Crippen molar-refractivity contribution in [2.24, 2.45) is 5.92 Å². The van der Waals surface area contributed by atoms with E-state index >= 15 is 0 Å². The van der Waals surface area contributed by atoms with Crippen molar-refractivity contribution in [3.8, 4) is 12.3 Å². The lowest BCUT2D eigenvalue weighted by atomic mass is 9.99. The van der Waals surface area contributed by atoms with Crippen LogP contribution in [0.25, 0.3) is 12.2 Å². The Morgan fingerprint density at radius 2 is 2.09 bits per heavy atom. The summed E-state index contributed by atoms with van der Waals surface area (Å²) in [6, 6.07) is 12.8. The lowest BCUT2D eigenvalue weighted by Gasteiger charge is -2.06. The van der Waals surface area contributed by atoms with Crippen molar-refractivity contribution in [1.82, 2.24) is 10.3 Å². The van der Waals surface area contributed by atoms with Gasteiger partial charge in [-0.25, -0.2) is 0 Å². The van der Waals surface area contributed by atoms with Gasteiger partial charge >= 0.3 is 0 Å². The Labute approximate surface area is 133 Å². The van der Waals surface area contributed by atoms with Crippen LogP contribution in [-0.2, 0) is 6.42 Å². The predicted molar refractivity (Wildman–Crippen MR) is 94.6 cm³/mol. The summed E-state index contributed by atoms with van der Waals surface area (Å²) in [5.74, 6) is 3.34. The number of nitrogens with one attached hydrogen (secondary N) is 2. The molecule has 1 aromatic heterocycles. The van der Waals surface area contributed by atoms with Crippen LogP contribution in [0.2, 0.25) is 0 Å². The minimum Gasteiger partial charge on any atom is -0.361 e. The number of aromatic nitrogens is 1. The van der Waals surface area contributed by atoms with Crippen LogP contribution >= 0.6 is 0 Å². The molecule has 0 radical (unpaired) electrons. The number of rotatable bonds is 2. The molecule has 0 amide bonds. The highest BCUT2D eigenvalue weighted by Crippen LogP contribution is 2.14. The minimum absolute atomic E-state index is 0.868. The average Bonchev–Trinajstić information content (AvgIpc) is 3.21. The quantitative estimate of drug-likeness (QED) is 0.815. The Morgan fingerprint density at radius 1 is 1.27 bits per heavy atom. The number of aromatic amines is 1. The summed E-state index contributed by atoms with van der Waals surface area (Å²) in [7, 11) is 0. The fraction of sp³-hybridized carbons (Fsp3) is 0.300. The first-order chi connectivity index (χ1) is 10.8. The maximum Gasteiger partial charge on any atom is 0.0535 e. The van der Waals surface area contributed by atoms with E-state index in [0.29, 0.717) is 0 Å². The molecule has 1 aromatic carbocycles. The Balaban J connectivity index is 0.000000164. The van der Waals surface area contributed by atoms with Gasteiger partial charge < -0.3 is 10.3 Å². The second-order valence-corrected chi connectivity index (χ2v) is 5.49. The minimum atomic E-state index is 0.868. The Hall–Kier alpha value is -2.24. The maximum atomic E-state index is 5.10. The van der Waals surface area contributed by atoms with Crippen molar-refractivity contribution in [2.75, 3.05) is 13.1 Å². The molecule has 1 aliphatic rings. The molecule has 114 valence electrons. The Bertz CT molecular complexity index is 698. The van der Waals surface area contributed by atoms with Crippen molar-refractivity contribution < 1.29 is 0 Å². The first kappa shape index (κ1) is 16.1. The maximum absolute atomic E-state index is 5.10. The van der Waals surface area contributed by atoms with E-state index in [2.05, 4.69) is 46.6 Å².